The van der Waals surface area contributed by atoms with Gasteiger partial charge in [0.25, 0.3) is 0 Å². The third kappa shape index (κ3) is 3.76. The summed E-state index contributed by atoms with van der Waals surface area (Å²) in [7, 11) is 0. The summed E-state index contributed by atoms with van der Waals surface area (Å²) in [6, 6.07) is 1.24. The molecule has 0 aromatic heterocycles. The number of nitrogens with zero attached hydrogens (tertiary/aromatic N) is 1. The summed E-state index contributed by atoms with van der Waals surface area (Å²) in [5.41, 5.74) is 5.93. The third-order valence-corrected chi connectivity index (χ3v) is 5.60. The first kappa shape index (κ1) is 15.7. The van der Waals surface area contributed by atoms with E-state index in [0.29, 0.717) is 17.1 Å². The molecule has 1 saturated carbocycles. The summed E-state index contributed by atoms with van der Waals surface area (Å²) < 4.78 is 11.7. The molecule has 120 valence electrons. The molecule has 0 amide bonds. The summed E-state index contributed by atoms with van der Waals surface area (Å²) in [6.45, 7) is 3.32. The lowest BCUT2D eigenvalue weighted by atomic mass is 9.83. The van der Waals surface area contributed by atoms with Crippen molar-refractivity contribution in [2.45, 2.75) is 69.1 Å². The van der Waals surface area contributed by atoms with E-state index in [1.807, 2.05) is 0 Å². The van der Waals surface area contributed by atoms with Gasteiger partial charge in [-0.25, -0.2) is 0 Å². The van der Waals surface area contributed by atoms with Gasteiger partial charge in [0.1, 0.15) is 0 Å². The van der Waals surface area contributed by atoms with Crippen molar-refractivity contribution in [1.82, 2.24) is 4.90 Å². The Labute approximate surface area is 133 Å². The molecule has 4 nitrogen and oxygen atoms in total. The van der Waals surface area contributed by atoms with Crippen LogP contribution in [0.2, 0.25) is 0 Å². The van der Waals surface area contributed by atoms with E-state index in [1.54, 1.807) is 0 Å². The molecule has 1 spiro atoms. The van der Waals surface area contributed by atoms with Crippen molar-refractivity contribution in [3.8, 4) is 0 Å². The number of hydrogen-bond donors (Lipinski definition) is 1. The average molecular weight is 312 g/mol. The fourth-order valence-corrected chi connectivity index (χ4v) is 4.50. The Morgan fingerprint density at radius 1 is 1.10 bits per heavy atom. The van der Waals surface area contributed by atoms with Gasteiger partial charge in [0, 0.05) is 38.4 Å². The number of rotatable bonds is 4. The van der Waals surface area contributed by atoms with E-state index in [9.17, 15) is 0 Å². The van der Waals surface area contributed by atoms with Crippen LogP contribution in [-0.4, -0.2) is 53.9 Å². The molecule has 0 radical (unpaired) electrons. The standard InChI is InChI=1S/C16H28N2O2S/c17-15(21)12-18(13-3-1-2-4-13)14-5-8-20-16(11-14)6-9-19-10-7-16/h13-14H,1-12H2,(H2,17,21). The topological polar surface area (TPSA) is 47.7 Å². The van der Waals surface area contributed by atoms with Crippen molar-refractivity contribution in [3.63, 3.8) is 0 Å². The van der Waals surface area contributed by atoms with Crippen LogP contribution >= 0.6 is 12.2 Å². The number of nitrogens with two attached hydrogens (primary N) is 1. The predicted octanol–water partition coefficient (Wildman–Crippen LogP) is 2.25. The molecular formula is C16H28N2O2S. The molecule has 5 heteroatoms. The maximum Gasteiger partial charge on any atom is 0.0870 e. The van der Waals surface area contributed by atoms with Gasteiger partial charge in [-0.15, -0.1) is 0 Å². The van der Waals surface area contributed by atoms with Crippen molar-refractivity contribution in [2.75, 3.05) is 26.4 Å². The normalized spacial score (nSPS) is 30.0. The molecule has 3 rings (SSSR count). The Hall–Kier alpha value is -0.230. The van der Waals surface area contributed by atoms with Gasteiger partial charge in [0.15, 0.2) is 0 Å². The largest absolute Gasteiger partial charge is 0.392 e. The maximum absolute atomic E-state index is 6.18. The third-order valence-electron chi connectivity index (χ3n) is 5.47. The Bertz CT molecular complexity index is 360. The Balaban J connectivity index is 1.70. The first-order chi connectivity index (χ1) is 10.2. The van der Waals surface area contributed by atoms with Crippen LogP contribution in [0.3, 0.4) is 0 Å². The molecule has 0 bridgehead atoms. The molecule has 1 unspecified atom stereocenters. The second kappa shape index (κ2) is 6.90. The van der Waals surface area contributed by atoms with E-state index < -0.39 is 0 Å². The summed E-state index contributed by atoms with van der Waals surface area (Å²) in [5.74, 6) is 0. The van der Waals surface area contributed by atoms with Crippen molar-refractivity contribution >= 4 is 17.2 Å². The van der Waals surface area contributed by atoms with Gasteiger partial charge < -0.3 is 15.2 Å². The second-order valence-corrected chi connectivity index (χ2v) is 7.39. The molecule has 0 aromatic carbocycles. The first-order valence-electron chi connectivity index (χ1n) is 8.44. The van der Waals surface area contributed by atoms with E-state index in [4.69, 9.17) is 27.4 Å². The summed E-state index contributed by atoms with van der Waals surface area (Å²) in [5, 5.41) is 0. The fraction of sp³-hybridized carbons (Fsp3) is 0.938. The highest BCUT2D eigenvalue weighted by molar-refractivity contribution is 7.80. The first-order valence-corrected chi connectivity index (χ1v) is 8.85. The van der Waals surface area contributed by atoms with Crippen LogP contribution in [0.1, 0.15) is 51.4 Å². The monoisotopic (exact) mass is 312 g/mol. The molecule has 0 aromatic rings. The zero-order valence-electron chi connectivity index (χ0n) is 12.9. The van der Waals surface area contributed by atoms with Gasteiger partial charge >= 0.3 is 0 Å². The summed E-state index contributed by atoms with van der Waals surface area (Å²) in [6.07, 6.45) is 9.61. The highest BCUT2D eigenvalue weighted by Crippen LogP contribution is 2.38. The summed E-state index contributed by atoms with van der Waals surface area (Å²) >= 11 is 5.21. The van der Waals surface area contributed by atoms with Gasteiger partial charge in [0.2, 0.25) is 0 Å². The zero-order valence-corrected chi connectivity index (χ0v) is 13.7. The molecule has 1 aliphatic carbocycles. The number of thiocarbonyl (C=S) groups is 1. The van der Waals surface area contributed by atoms with Crippen LogP contribution in [0.5, 0.6) is 0 Å². The number of ether oxygens (including phenoxy) is 2. The summed E-state index contributed by atoms with van der Waals surface area (Å²) in [4.78, 5) is 3.24. The molecule has 3 aliphatic rings. The van der Waals surface area contributed by atoms with Crippen LogP contribution in [0.4, 0.5) is 0 Å². The highest BCUT2D eigenvalue weighted by Gasteiger charge is 2.42. The van der Waals surface area contributed by atoms with Crippen LogP contribution in [0.15, 0.2) is 0 Å². The number of hydrogen-bond acceptors (Lipinski definition) is 4. The maximum atomic E-state index is 6.18. The van der Waals surface area contributed by atoms with E-state index >= 15 is 0 Å². The molecule has 2 heterocycles. The van der Waals surface area contributed by atoms with Gasteiger partial charge in [-0.05, 0) is 38.5 Å². The minimum absolute atomic E-state index is 0.0498. The van der Waals surface area contributed by atoms with Gasteiger partial charge in [0.05, 0.1) is 10.6 Å². The van der Waals surface area contributed by atoms with Crippen LogP contribution < -0.4 is 5.73 Å². The van der Waals surface area contributed by atoms with Crippen molar-refractivity contribution < 1.29 is 9.47 Å². The minimum Gasteiger partial charge on any atom is -0.392 e. The molecule has 21 heavy (non-hydrogen) atoms. The molecule has 3 fully saturated rings. The molecule has 2 N–H and O–H groups in total. The van der Waals surface area contributed by atoms with Crippen LogP contribution in [-0.2, 0) is 9.47 Å². The molecule has 2 saturated heterocycles. The quantitative estimate of drug-likeness (QED) is 0.807. The van der Waals surface area contributed by atoms with Gasteiger partial charge in [-0.2, -0.15) is 0 Å². The lowest BCUT2D eigenvalue weighted by Gasteiger charge is -2.47. The van der Waals surface area contributed by atoms with E-state index in [0.717, 1.165) is 52.0 Å². The Kier molecular flexibility index (Phi) is 5.15. The van der Waals surface area contributed by atoms with Gasteiger partial charge in [-0.1, -0.05) is 25.1 Å². The van der Waals surface area contributed by atoms with Crippen molar-refractivity contribution in [1.29, 1.82) is 0 Å². The van der Waals surface area contributed by atoms with Crippen LogP contribution in [0.25, 0.3) is 0 Å². The highest BCUT2D eigenvalue weighted by atomic mass is 32.1. The van der Waals surface area contributed by atoms with E-state index in [-0.39, 0.29) is 5.60 Å². The van der Waals surface area contributed by atoms with E-state index in [2.05, 4.69) is 4.90 Å². The molecule has 1 atom stereocenters. The minimum atomic E-state index is 0.0498. The van der Waals surface area contributed by atoms with Crippen molar-refractivity contribution in [3.05, 3.63) is 0 Å². The lowest BCUT2D eigenvalue weighted by Crippen LogP contribution is -2.54. The zero-order chi connectivity index (χ0) is 14.7. The van der Waals surface area contributed by atoms with E-state index in [1.165, 1.54) is 25.7 Å². The molecule has 2 aliphatic heterocycles. The lowest BCUT2D eigenvalue weighted by molar-refractivity contribution is -0.152. The smallest absolute Gasteiger partial charge is 0.0870 e. The SMILES string of the molecule is NC(=S)CN(C1CCCC1)C1CCOC2(CCOCC2)C1. The van der Waals surface area contributed by atoms with Crippen molar-refractivity contribution in [2.24, 2.45) is 5.73 Å². The predicted molar refractivity (Wildman–Crippen MR) is 87.5 cm³/mol. The molecular weight excluding hydrogens is 284 g/mol. The Morgan fingerprint density at radius 3 is 2.48 bits per heavy atom. The second-order valence-electron chi connectivity index (χ2n) is 6.87. The van der Waals surface area contributed by atoms with Gasteiger partial charge in [-0.3, -0.25) is 4.90 Å². The Morgan fingerprint density at radius 2 is 1.81 bits per heavy atom. The van der Waals surface area contributed by atoms with Crippen LogP contribution in [0, 0.1) is 0 Å². The average Bonchev–Trinajstić information content (AvgIpc) is 2.99. The fourth-order valence-electron chi connectivity index (χ4n) is 4.35.